The molecule has 0 saturated carbocycles. The number of amides is 1. The summed E-state index contributed by atoms with van der Waals surface area (Å²) in [6.45, 7) is 0.785. The minimum absolute atomic E-state index is 0.0463. The zero-order valence-electron chi connectivity index (χ0n) is 15.0. The Morgan fingerprint density at radius 1 is 1.21 bits per heavy atom. The first-order valence-electron chi connectivity index (χ1n) is 9.14. The van der Waals surface area contributed by atoms with Crippen LogP contribution in [0.1, 0.15) is 18.0 Å². The molecule has 7 heteroatoms. The van der Waals surface area contributed by atoms with E-state index in [4.69, 9.17) is 9.72 Å². The molecule has 5 rings (SSSR count). The van der Waals surface area contributed by atoms with Crippen LogP contribution in [0.4, 0.5) is 0 Å². The molecule has 0 aliphatic carbocycles. The van der Waals surface area contributed by atoms with E-state index in [1.54, 1.807) is 5.51 Å². The van der Waals surface area contributed by atoms with Crippen LogP contribution in [0.5, 0.6) is 5.75 Å². The van der Waals surface area contributed by atoms with E-state index in [1.807, 2.05) is 58.5 Å². The van der Waals surface area contributed by atoms with Crippen molar-refractivity contribution in [2.24, 2.45) is 0 Å². The summed E-state index contributed by atoms with van der Waals surface area (Å²) in [5.74, 6) is 1.50. The van der Waals surface area contributed by atoms with Crippen LogP contribution < -0.4 is 10.1 Å². The SMILES string of the molecule is O=C(Cn1c(-c2cscn2)nc2ccccc21)N[C@@H]1CCOc2ccccc21. The van der Waals surface area contributed by atoms with Crippen molar-refractivity contribution in [3.8, 4) is 17.3 Å². The Balaban J connectivity index is 1.45. The lowest BCUT2D eigenvalue weighted by atomic mass is 10.0. The Bertz CT molecular complexity index is 1140. The fraction of sp³-hybridized carbons (Fsp3) is 0.190. The molecule has 1 N–H and O–H groups in total. The molecule has 1 aliphatic rings. The van der Waals surface area contributed by atoms with E-state index in [9.17, 15) is 4.79 Å². The van der Waals surface area contributed by atoms with E-state index in [-0.39, 0.29) is 18.5 Å². The van der Waals surface area contributed by atoms with E-state index in [2.05, 4.69) is 10.3 Å². The van der Waals surface area contributed by atoms with Gasteiger partial charge in [0.25, 0.3) is 0 Å². The Kier molecular flexibility index (Phi) is 4.29. The van der Waals surface area contributed by atoms with Gasteiger partial charge in [-0.15, -0.1) is 11.3 Å². The number of ether oxygens (including phenoxy) is 1. The van der Waals surface area contributed by atoms with E-state index in [0.717, 1.165) is 34.5 Å². The molecule has 1 amide bonds. The van der Waals surface area contributed by atoms with Gasteiger partial charge in [-0.1, -0.05) is 30.3 Å². The van der Waals surface area contributed by atoms with E-state index < -0.39 is 0 Å². The topological polar surface area (TPSA) is 69.0 Å². The third-order valence-corrected chi connectivity index (χ3v) is 5.50. The van der Waals surface area contributed by atoms with Crippen LogP contribution in [0.25, 0.3) is 22.6 Å². The number of aromatic nitrogens is 3. The molecule has 0 radical (unpaired) electrons. The average Bonchev–Trinajstić information content (AvgIpc) is 3.37. The van der Waals surface area contributed by atoms with Crippen LogP contribution in [0.15, 0.2) is 59.4 Å². The zero-order valence-corrected chi connectivity index (χ0v) is 15.9. The number of para-hydroxylation sites is 3. The van der Waals surface area contributed by atoms with Crippen LogP contribution in [-0.4, -0.2) is 27.0 Å². The van der Waals surface area contributed by atoms with Gasteiger partial charge in [-0.2, -0.15) is 0 Å². The monoisotopic (exact) mass is 390 g/mol. The Hall–Kier alpha value is -3.19. The predicted molar refractivity (Wildman–Crippen MR) is 108 cm³/mol. The van der Waals surface area contributed by atoms with E-state index in [0.29, 0.717) is 12.4 Å². The molecule has 0 fully saturated rings. The van der Waals surface area contributed by atoms with Crippen LogP contribution in [0.2, 0.25) is 0 Å². The molecule has 0 spiro atoms. The van der Waals surface area contributed by atoms with E-state index >= 15 is 0 Å². The third-order valence-electron chi connectivity index (χ3n) is 4.91. The molecule has 1 aliphatic heterocycles. The molecular formula is C21H18N4O2S. The second kappa shape index (κ2) is 7.09. The van der Waals surface area contributed by atoms with Crippen molar-refractivity contribution in [3.63, 3.8) is 0 Å². The van der Waals surface area contributed by atoms with Crippen molar-refractivity contribution < 1.29 is 9.53 Å². The maximum atomic E-state index is 12.9. The molecule has 1 atom stereocenters. The number of hydrogen-bond donors (Lipinski definition) is 1. The summed E-state index contributed by atoms with van der Waals surface area (Å²) in [6.07, 6.45) is 0.756. The number of hydrogen-bond acceptors (Lipinski definition) is 5. The number of rotatable bonds is 4. The molecule has 0 unspecified atom stereocenters. The number of nitrogens with zero attached hydrogens (tertiary/aromatic N) is 3. The number of carbonyl (C=O) groups is 1. The molecule has 0 saturated heterocycles. The standard InChI is InChI=1S/C21H18N4O2S/c26-20(23-15-9-10-27-19-8-4-1-5-14(15)19)11-25-18-7-3-2-6-16(18)24-21(25)17-12-28-13-22-17/h1-8,12-13,15H,9-11H2,(H,23,26)/t15-/m1/s1. The fourth-order valence-electron chi connectivity index (χ4n) is 3.63. The van der Waals surface area contributed by atoms with Crippen LogP contribution in [0.3, 0.4) is 0 Å². The Labute approximate surface area is 165 Å². The molecular weight excluding hydrogens is 372 g/mol. The molecule has 3 heterocycles. The molecule has 2 aromatic heterocycles. The Morgan fingerprint density at radius 2 is 2.07 bits per heavy atom. The first-order valence-corrected chi connectivity index (χ1v) is 10.1. The summed E-state index contributed by atoms with van der Waals surface area (Å²) >= 11 is 1.51. The molecule has 4 aromatic rings. The first kappa shape index (κ1) is 16.9. The lowest BCUT2D eigenvalue weighted by molar-refractivity contribution is -0.122. The van der Waals surface area contributed by atoms with Gasteiger partial charge >= 0.3 is 0 Å². The summed E-state index contributed by atoms with van der Waals surface area (Å²) in [7, 11) is 0. The van der Waals surface area contributed by atoms with Crippen molar-refractivity contribution in [2.75, 3.05) is 6.61 Å². The van der Waals surface area contributed by atoms with Gasteiger partial charge in [-0.05, 0) is 18.2 Å². The van der Waals surface area contributed by atoms with Crippen molar-refractivity contribution in [2.45, 2.75) is 19.0 Å². The second-order valence-corrected chi connectivity index (χ2v) is 7.40. The summed E-state index contributed by atoms with van der Waals surface area (Å²) in [5, 5.41) is 5.11. The third kappa shape index (κ3) is 3.03. The summed E-state index contributed by atoms with van der Waals surface area (Å²) in [5.41, 5.74) is 5.36. The van der Waals surface area contributed by atoms with Crippen molar-refractivity contribution in [3.05, 3.63) is 65.0 Å². The van der Waals surface area contributed by atoms with Gasteiger partial charge in [0.15, 0.2) is 5.82 Å². The highest BCUT2D eigenvalue weighted by atomic mass is 32.1. The van der Waals surface area contributed by atoms with Gasteiger partial charge < -0.3 is 14.6 Å². The number of fused-ring (bicyclic) bond motifs is 2. The number of thiazole rings is 1. The molecule has 0 bridgehead atoms. The average molecular weight is 390 g/mol. The van der Waals surface area contributed by atoms with E-state index in [1.165, 1.54) is 11.3 Å². The minimum atomic E-state index is -0.0543. The maximum absolute atomic E-state index is 12.9. The normalized spacial score (nSPS) is 15.8. The van der Waals surface area contributed by atoms with Crippen LogP contribution in [-0.2, 0) is 11.3 Å². The number of benzene rings is 2. The largest absolute Gasteiger partial charge is 0.493 e. The fourth-order valence-corrected chi connectivity index (χ4v) is 4.16. The second-order valence-electron chi connectivity index (χ2n) is 6.68. The lowest BCUT2D eigenvalue weighted by Crippen LogP contribution is -2.34. The quantitative estimate of drug-likeness (QED) is 0.575. The number of nitrogens with one attached hydrogen (secondary N) is 1. The predicted octanol–water partition coefficient (Wildman–Crippen LogP) is 3.80. The van der Waals surface area contributed by atoms with Gasteiger partial charge in [-0.3, -0.25) is 4.79 Å². The van der Waals surface area contributed by atoms with Crippen molar-refractivity contribution >= 4 is 28.3 Å². The highest BCUT2D eigenvalue weighted by Gasteiger charge is 2.24. The van der Waals surface area contributed by atoms with Gasteiger partial charge in [0.1, 0.15) is 18.0 Å². The highest BCUT2D eigenvalue weighted by molar-refractivity contribution is 7.07. The first-order chi connectivity index (χ1) is 13.8. The Morgan fingerprint density at radius 3 is 2.96 bits per heavy atom. The van der Waals surface area contributed by atoms with Crippen LogP contribution >= 0.6 is 11.3 Å². The van der Waals surface area contributed by atoms with Gasteiger partial charge in [0.2, 0.25) is 5.91 Å². The summed E-state index contributed by atoms with van der Waals surface area (Å²) in [4.78, 5) is 22.0. The molecule has 28 heavy (non-hydrogen) atoms. The minimum Gasteiger partial charge on any atom is -0.493 e. The molecule has 140 valence electrons. The van der Waals surface area contributed by atoms with Crippen LogP contribution in [0, 0.1) is 0 Å². The smallest absolute Gasteiger partial charge is 0.240 e. The zero-order chi connectivity index (χ0) is 18.9. The van der Waals surface area contributed by atoms with Gasteiger partial charge in [0.05, 0.1) is 29.2 Å². The molecule has 6 nitrogen and oxygen atoms in total. The van der Waals surface area contributed by atoms with Gasteiger partial charge in [0, 0.05) is 17.4 Å². The van der Waals surface area contributed by atoms with Gasteiger partial charge in [-0.25, -0.2) is 9.97 Å². The summed E-state index contributed by atoms with van der Waals surface area (Å²) in [6, 6.07) is 15.7. The summed E-state index contributed by atoms with van der Waals surface area (Å²) < 4.78 is 7.63. The maximum Gasteiger partial charge on any atom is 0.240 e. The number of imidazole rings is 1. The van der Waals surface area contributed by atoms with Crippen molar-refractivity contribution in [1.82, 2.24) is 19.9 Å². The molecule has 2 aromatic carbocycles. The number of carbonyl (C=O) groups excluding carboxylic acids is 1. The van der Waals surface area contributed by atoms with Crippen molar-refractivity contribution in [1.29, 1.82) is 0 Å². The lowest BCUT2D eigenvalue weighted by Gasteiger charge is -2.26. The highest BCUT2D eigenvalue weighted by Crippen LogP contribution is 2.31.